The van der Waals surface area contributed by atoms with Crippen molar-refractivity contribution in [2.24, 2.45) is 4.99 Å². The lowest BCUT2D eigenvalue weighted by Crippen LogP contribution is -2.43. The molecule has 0 unspecified atom stereocenters. The molecule has 6 heteroatoms. The highest BCUT2D eigenvalue weighted by Crippen LogP contribution is 2.04. The van der Waals surface area contributed by atoms with Gasteiger partial charge in [0, 0.05) is 26.4 Å². The van der Waals surface area contributed by atoms with E-state index in [1.807, 2.05) is 6.07 Å². The number of likely N-dealkylation sites (N-methyl/N-ethyl adjacent to an activating group) is 1. The highest BCUT2D eigenvalue weighted by molar-refractivity contribution is 7.98. The lowest BCUT2D eigenvalue weighted by atomic mass is 10.1. The summed E-state index contributed by atoms with van der Waals surface area (Å²) in [7, 11) is 3.49. The number of hydrogen-bond acceptors (Lipinski definition) is 3. The Morgan fingerprint density at radius 3 is 2.73 bits per heavy atom. The molecule has 1 rings (SSSR count). The number of carbonyl (C=O) groups excluding carboxylic acids is 1. The van der Waals surface area contributed by atoms with Crippen molar-refractivity contribution in [2.75, 3.05) is 39.2 Å². The Morgan fingerprint density at radius 2 is 2.09 bits per heavy atom. The van der Waals surface area contributed by atoms with E-state index in [-0.39, 0.29) is 12.5 Å². The van der Waals surface area contributed by atoms with Crippen LogP contribution in [-0.4, -0.2) is 56.0 Å². The maximum Gasteiger partial charge on any atom is 0.241 e. The van der Waals surface area contributed by atoms with E-state index < -0.39 is 0 Å². The highest BCUT2D eigenvalue weighted by atomic mass is 32.2. The number of aliphatic imine (C=N–C) groups is 1. The van der Waals surface area contributed by atoms with Crippen molar-refractivity contribution in [3.8, 4) is 0 Å². The monoisotopic (exact) mass is 322 g/mol. The lowest BCUT2D eigenvalue weighted by molar-refractivity contribution is -0.127. The summed E-state index contributed by atoms with van der Waals surface area (Å²) in [5.74, 6) is 1.69. The van der Waals surface area contributed by atoms with Gasteiger partial charge in [0.15, 0.2) is 5.96 Å². The van der Waals surface area contributed by atoms with Crippen LogP contribution in [0.5, 0.6) is 0 Å². The first-order valence-electron chi connectivity index (χ1n) is 7.29. The summed E-state index contributed by atoms with van der Waals surface area (Å²) < 4.78 is 0. The van der Waals surface area contributed by atoms with E-state index in [1.165, 1.54) is 5.56 Å². The maximum atomic E-state index is 11.7. The third-order valence-corrected chi connectivity index (χ3v) is 3.62. The van der Waals surface area contributed by atoms with E-state index in [0.29, 0.717) is 12.5 Å². The van der Waals surface area contributed by atoms with Crippen LogP contribution in [0.3, 0.4) is 0 Å². The standard InChI is InChI=1S/C16H26N4OS/c1-13-6-5-7-14(10-13)11-18-16(17-8-9-22-4)19-12-15(21)20(2)3/h5-7,10H,8-9,11-12H2,1-4H3,(H2,17,18,19). The van der Waals surface area contributed by atoms with Crippen molar-refractivity contribution >= 4 is 23.6 Å². The molecular weight excluding hydrogens is 296 g/mol. The minimum Gasteiger partial charge on any atom is -0.356 e. The molecule has 0 spiro atoms. The smallest absolute Gasteiger partial charge is 0.241 e. The van der Waals surface area contributed by atoms with Gasteiger partial charge in [-0.2, -0.15) is 11.8 Å². The molecule has 0 aliphatic carbocycles. The quantitative estimate of drug-likeness (QED) is 0.454. The Labute approximate surface area is 137 Å². The van der Waals surface area contributed by atoms with Crippen LogP contribution >= 0.6 is 11.8 Å². The molecule has 5 nitrogen and oxygen atoms in total. The number of carbonyl (C=O) groups is 1. The average Bonchev–Trinajstić information content (AvgIpc) is 2.49. The number of guanidine groups is 1. The molecule has 1 aromatic rings. The minimum atomic E-state index is 0.0231. The van der Waals surface area contributed by atoms with Crippen LogP contribution in [0.15, 0.2) is 29.3 Å². The Morgan fingerprint density at radius 1 is 1.32 bits per heavy atom. The third-order valence-electron chi connectivity index (χ3n) is 3.01. The van der Waals surface area contributed by atoms with Gasteiger partial charge in [-0.15, -0.1) is 0 Å². The van der Waals surface area contributed by atoms with Crippen molar-refractivity contribution < 1.29 is 4.79 Å². The van der Waals surface area contributed by atoms with Gasteiger partial charge in [0.25, 0.3) is 0 Å². The van der Waals surface area contributed by atoms with Gasteiger partial charge in [0.05, 0.1) is 13.1 Å². The number of nitrogens with one attached hydrogen (secondary N) is 2. The maximum absolute atomic E-state index is 11.7. The molecule has 0 aliphatic heterocycles. The summed E-state index contributed by atoms with van der Waals surface area (Å²) in [5, 5.41) is 6.33. The number of rotatable bonds is 7. The summed E-state index contributed by atoms with van der Waals surface area (Å²) >= 11 is 1.77. The molecule has 1 aromatic carbocycles. The fourth-order valence-corrected chi connectivity index (χ4v) is 2.05. The molecule has 0 bridgehead atoms. The second-order valence-corrected chi connectivity index (χ2v) is 6.20. The van der Waals surface area contributed by atoms with E-state index in [1.54, 1.807) is 30.8 Å². The minimum absolute atomic E-state index is 0.0231. The molecular formula is C16H26N4OS. The van der Waals surface area contributed by atoms with E-state index in [9.17, 15) is 4.79 Å². The van der Waals surface area contributed by atoms with E-state index >= 15 is 0 Å². The number of nitrogens with zero attached hydrogens (tertiary/aromatic N) is 2. The normalized spacial score (nSPS) is 11.2. The van der Waals surface area contributed by atoms with Crippen LogP contribution in [-0.2, 0) is 11.3 Å². The van der Waals surface area contributed by atoms with Gasteiger partial charge in [0.1, 0.15) is 0 Å². The molecule has 0 fully saturated rings. The number of benzene rings is 1. The second-order valence-electron chi connectivity index (χ2n) is 5.22. The van der Waals surface area contributed by atoms with Gasteiger partial charge in [0.2, 0.25) is 5.91 Å². The Hall–Kier alpha value is -1.69. The van der Waals surface area contributed by atoms with Crippen LogP contribution < -0.4 is 10.6 Å². The molecule has 0 radical (unpaired) electrons. The zero-order valence-electron chi connectivity index (χ0n) is 13.8. The molecule has 0 aromatic heterocycles. The SMILES string of the molecule is CSCCNC(=NCc1cccc(C)c1)NCC(=O)N(C)C. The Balaban J connectivity index is 2.62. The van der Waals surface area contributed by atoms with Gasteiger partial charge in [-0.1, -0.05) is 29.8 Å². The lowest BCUT2D eigenvalue weighted by Gasteiger charge is -2.14. The van der Waals surface area contributed by atoms with Gasteiger partial charge in [-0.3, -0.25) is 4.79 Å². The molecule has 0 saturated carbocycles. The summed E-state index contributed by atoms with van der Waals surface area (Å²) in [6, 6.07) is 8.28. The van der Waals surface area contributed by atoms with Crippen LogP contribution in [0.2, 0.25) is 0 Å². The predicted octanol–water partition coefficient (Wildman–Crippen LogP) is 1.48. The van der Waals surface area contributed by atoms with E-state index in [2.05, 4.69) is 47.0 Å². The van der Waals surface area contributed by atoms with E-state index in [0.717, 1.165) is 17.9 Å². The molecule has 122 valence electrons. The first-order chi connectivity index (χ1) is 10.5. The Bertz CT molecular complexity index is 503. The van der Waals surface area contributed by atoms with Crippen molar-refractivity contribution in [1.29, 1.82) is 0 Å². The van der Waals surface area contributed by atoms with Gasteiger partial charge in [-0.05, 0) is 18.7 Å². The van der Waals surface area contributed by atoms with Crippen molar-refractivity contribution in [3.63, 3.8) is 0 Å². The molecule has 0 saturated heterocycles. The van der Waals surface area contributed by atoms with Gasteiger partial charge < -0.3 is 15.5 Å². The fourth-order valence-electron chi connectivity index (χ4n) is 1.74. The number of hydrogen-bond donors (Lipinski definition) is 2. The van der Waals surface area contributed by atoms with Gasteiger partial charge in [-0.25, -0.2) is 4.99 Å². The van der Waals surface area contributed by atoms with E-state index in [4.69, 9.17) is 0 Å². The second kappa shape index (κ2) is 10.1. The van der Waals surface area contributed by atoms with Gasteiger partial charge >= 0.3 is 0 Å². The summed E-state index contributed by atoms with van der Waals surface area (Å²) in [6.07, 6.45) is 2.06. The predicted molar refractivity (Wildman–Crippen MR) is 95.4 cm³/mol. The Kier molecular flexibility index (Phi) is 8.43. The average molecular weight is 322 g/mol. The topological polar surface area (TPSA) is 56.7 Å². The van der Waals surface area contributed by atoms with Crippen LogP contribution in [0.25, 0.3) is 0 Å². The molecule has 2 N–H and O–H groups in total. The summed E-state index contributed by atoms with van der Waals surface area (Å²) in [4.78, 5) is 17.8. The van der Waals surface area contributed by atoms with Crippen LogP contribution in [0.4, 0.5) is 0 Å². The van der Waals surface area contributed by atoms with Crippen molar-refractivity contribution in [3.05, 3.63) is 35.4 Å². The first-order valence-corrected chi connectivity index (χ1v) is 8.69. The third kappa shape index (κ3) is 7.36. The fraction of sp³-hybridized carbons (Fsp3) is 0.500. The number of aryl methyl sites for hydroxylation is 1. The van der Waals surface area contributed by atoms with Crippen molar-refractivity contribution in [1.82, 2.24) is 15.5 Å². The molecule has 0 aliphatic rings. The molecule has 1 amide bonds. The zero-order valence-corrected chi connectivity index (χ0v) is 14.7. The van der Waals surface area contributed by atoms with Crippen LogP contribution in [0, 0.1) is 6.92 Å². The molecule has 0 heterocycles. The summed E-state index contributed by atoms with van der Waals surface area (Å²) in [6.45, 7) is 3.72. The number of amides is 1. The number of thioether (sulfide) groups is 1. The van der Waals surface area contributed by atoms with Crippen LogP contribution in [0.1, 0.15) is 11.1 Å². The molecule has 22 heavy (non-hydrogen) atoms. The highest BCUT2D eigenvalue weighted by Gasteiger charge is 2.05. The first kappa shape index (κ1) is 18.4. The van der Waals surface area contributed by atoms with Crippen molar-refractivity contribution in [2.45, 2.75) is 13.5 Å². The molecule has 0 atom stereocenters. The zero-order chi connectivity index (χ0) is 16.4. The largest absolute Gasteiger partial charge is 0.356 e. The summed E-state index contributed by atoms with van der Waals surface area (Å²) in [5.41, 5.74) is 2.38.